The Kier molecular flexibility index (Phi) is 6.62. The van der Waals surface area contributed by atoms with Crippen molar-refractivity contribution < 1.29 is 33.7 Å². The van der Waals surface area contributed by atoms with Crippen LogP contribution in [0.5, 0.6) is 11.5 Å². The van der Waals surface area contributed by atoms with Gasteiger partial charge in [0.2, 0.25) is 12.3 Å². The summed E-state index contributed by atoms with van der Waals surface area (Å²) in [5.41, 5.74) is 3.85. The van der Waals surface area contributed by atoms with Crippen molar-refractivity contribution in [1.82, 2.24) is 10.2 Å². The number of ether oxygens (including phenoxy) is 3. The smallest absolute Gasteiger partial charge is 0.327 e. The highest BCUT2D eigenvalue weighted by molar-refractivity contribution is 7.81. The lowest BCUT2D eigenvalue weighted by atomic mass is 9.53. The standard InChI is InChI=1S/C23H26N2O4.C6H11NO3S/c1-27-16-8-14-15(9-17(16)28-2)25-20(26)10-18-21-13-7-19-23(14,22(21)25)4-5-24(19)11-12(13)3-6-29-18;1-6(2,11)4(5(9)10)7-3-8/h3,8-9,13,18-19,21-22H,4-7,10-11H2,1-2H3;3-4,11H,1-2H3,(H,7,8)(H,9,10)/t13-,18?,19-,21-,22?,23+;4-/m00/s1. The lowest BCUT2D eigenvalue weighted by Gasteiger charge is -2.58. The van der Waals surface area contributed by atoms with Crippen LogP contribution in [0.25, 0.3) is 0 Å². The van der Waals surface area contributed by atoms with E-state index in [2.05, 4.69) is 39.9 Å². The van der Waals surface area contributed by atoms with Crippen molar-refractivity contribution in [3.05, 3.63) is 29.3 Å². The molecule has 2 amide bonds. The largest absolute Gasteiger partial charge is 0.493 e. The van der Waals surface area contributed by atoms with Crippen LogP contribution >= 0.6 is 12.6 Å². The summed E-state index contributed by atoms with van der Waals surface area (Å²) in [5, 5.41) is 10.7. The molecule has 5 aliphatic heterocycles. The number of hydrogen-bond donors (Lipinski definition) is 3. The predicted molar refractivity (Wildman–Crippen MR) is 150 cm³/mol. The lowest BCUT2D eigenvalue weighted by Crippen LogP contribution is -2.69. The van der Waals surface area contributed by atoms with E-state index in [1.807, 2.05) is 6.07 Å². The predicted octanol–water partition coefficient (Wildman–Crippen LogP) is 2.00. The summed E-state index contributed by atoms with van der Waals surface area (Å²) >= 11 is 4.02. The van der Waals surface area contributed by atoms with Gasteiger partial charge in [0, 0.05) is 34.7 Å². The Balaban J connectivity index is 0.000000227. The molecular weight excluding hydrogens is 534 g/mol. The van der Waals surface area contributed by atoms with Crippen LogP contribution in [0.4, 0.5) is 5.69 Å². The molecule has 1 saturated carbocycles. The summed E-state index contributed by atoms with van der Waals surface area (Å²) < 4.78 is 16.8. The van der Waals surface area contributed by atoms with Gasteiger partial charge in [0.05, 0.1) is 45.1 Å². The number of nitrogens with zero attached hydrogens (tertiary/aromatic N) is 2. The molecule has 3 saturated heterocycles. The van der Waals surface area contributed by atoms with E-state index in [1.54, 1.807) is 33.6 Å². The van der Waals surface area contributed by atoms with E-state index in [9.17, 15) is 14.4 Å². The van der Waals surface area contributed by atoms with Crippen molar-refractivity contribution in [2.24, 2.45) is 11.8 Å². The molecule has 2 bridgehead atoms. The second kappa shape index (κ2) is 9.66. The van der Waals surface area contributed by atoms with Gasteiger partial charge in [-0.15, -0.1) is 0 Å². The third-order valence-electron chi connectivity index (χ3n) is 10.0. The average molecular weight is 572 g/mol. The molecule has 0 radical (unpaired) electrons. The molecule has 10 nitrogen and oxygen atoms in total. The number of aliphatic carboxylic acids is 1. The van der Waals surface area contributed by atoms with Gasteiger partial charge in [-0.25, -0.2) is 4.79 Å². The van der Waals surface area contributed by atoms with Crippen LogP contribution in [-0.2, 0) is 24.5 Å². The van der Waals surface area contributed by atoms with Gasteiger partial charge in [0.15, 0.2) is 11.5 Å². The van der Waals surface area contributed by atoms with E-state index in [-0.39, 0.29) is 23.5 Å². The third kappa shape index (κ3) is 3.80. The van der Waals surface area contributed by atoms with Crippen LogP contribution in [0.1, 0.15) is 38.7 Å². The summed E-state index contributed by atoms with van der Waals surface area (Å²) in [5.74, 6) is 1.49. The fourth-order valence-corrected chi connectivity index (χ4v) is 8.70. The number of amides is 2. The lowest BCUT2D eigenvalue weighted by molar-refractivity contribution is -0.141. The van der Waals surface area contributed by atoms with Crippen molar-refractivity contribution in [3.63, 3.8) is 0 Å². The fraction of sp³-hybridized carbons (Fsp3) is 0.621. The maximum absolute atomic E-state index is 13.5. The molecule has 5 heterocycles. The number of methoxy groups -OCH3 is 2. The van der Waals surface area contributed by atoms with E-state index in [1.165, 1.54) is 12.0 Å². The Morgan fingerprint density at radius 3 is 2.65 bits per heavy atom. The van der Waals surface area contributed by atoms with E-state index < -0.39 is 16.8 Å². The first-order valence-electron chi connectivity index (χ1n) is 13.8. The SMILES string of the molecule is CC(C)(S)[C@@H](NC=O)C(=O)O.COc1cc2c(cc1OC)[C@@]13CCN4CC5=CCOC6CC(=O)N2C1[C@H]6[C@H]5C[C@H]43. The van der Waals surface area contributed by atoms with Gasteiger partial charge < -0.3 is 29.5 Å². The maximum atomic E-state index is 13.5. The molecule has 1 aromatic carbocycles. The molecule has 2 N–H and O–H groups in total. The highest BCUT2D eigenvalue weighted by atomic mass is 32.1. The van der Waals surface area contributed by atoms with E-state index >= 15 is 0 Å². The Morgan fingerprint density at radius 2 is 2.02 bits per heavy atom. The van der Waals surface area contributed by atoms with Gasteiger partial charge >= 0.3 is 5.97 Å². The minimum Gasteiger partial charge on any atom is -0.493 e. The number of nitrogens with one attached hydrogen (secondary N) is 1. The number of piperidine rings is 2. The minimum absolute atomic E-state index is 0.0242. The van der Waals surface area contributed by atoms with Crippen molar-refractivity contribution in [3.8, 4) is 11.5 Å². The first kappa shape index (κ1) is 27.4. The Hall–Kier alpha value is -2.76. The van der Waals surface area contributed by atoms with Gasteiger partial charge in [0.1, 0.15) is 6.04 Å². The van der Waals surface area contributed by atoms with Crippen molar-refractivity contribution in [2.45, 2.75) is 67.5 Å². The number of carbonyl (C=O) groups is 3. The minimum atomic E-state index is -1.09. The molecule has 1 spiro atoms. The number of thiol groups is 1. The number of rotatable bonds is 6. The molecule has 6 aliphatic rings. The number of carbonyl (C=O) groups excluding carboxylic acids is 2. The van der Waals surface area contributed by atoms with Crippen LogP contribution in [0, 0.1) is 11.8 Å². The molecule has 1 aliphatic carbocycles. The molecular formula is C29H37N3O7S. The van der Waals surface area contributed by atoms with Gasteiger partial charge in [-0.05, 0) is 50.8 Å². The van der Waals surface area contributed by atoms with Gasteiger partial charge in [-0.1, -0.05) is 11.6 Å². The topological polar surface area (TPSA) is 118 Å². The summed E-state index contributed by atoms with van der Waals surface area (Å²) in [4.78, 5) is 38.7. The number of benzene rings is 1. The van der Waals surface area contributed by atoms with Gasteiger partial charge in [-0.2, -0.15) is 12.6 Å². The number of carboxylic acids is 1. The summed E-state index contributed by atoms with van der Waals surface area (Å²) in [6, 6.07) is 3.92. The van der Waals surface area contributed by atoms with Crippen LogP contribution < -0.4 is 19.7 Å². The van der Waals surface area contributed by atoms with Crippen LogP contribution in [0.3, 0.4) is 0 Å². The molecule has 0 aromatic heterocycles. The monoisotopic (exact) mass is 571 g/mol. The van der Waals surface area contributed by atoms with E-state index in [0.29, 0.717) is 43.1 Å². The van der Waals surface area contributed by atoms with Crippen molar-refractivity contribution in [1.29, 1.82) is 0 Å². The Bertz CT molecular complexity index is 1280. The molecule has 40 heavy (non-hydrogen) atoms. The number of carboxylic acid groups (broad SMARTS) is 1. The number of anilines is 1. The highest BCUT2D eigenvalue weighted by Gasteiger charge is 2.71. The molecule has 7 atom stereocenters. The number of fused-ring (bicyclic) bond motifs is 2. The van der Waals surface area contributed by atoms with Crippen LogP contribution in [0.2, 0.25) is 0 Å². The first-order chi connectivity index (χ1) is 19.1. The number of hydrogen-bond acceptors (Lipinski definition) is 8. The van der Waals surface area contributed by atoms with Crippen molar-refractivity contribution >= 4 is 36.6 Å². The Labute approximate surface area is 239 Å². The summed E-state index contributed by atoms with van der Waals surface area (Å²) in [7, 11) is 3.36. The molecule has 1 aromatic rings. The zero-order valence-corrected chi connectivity index (χ0v) is 24.1. The molecule has 216 valence electrons. The summed E-state index contributed by atoms with van der Waals surface area (Å²) in [6.07, 6.45) is 5.47. The molecule has 11 heteroatoms. The molecule has 2 unspecified atom stereocenters. The zero-order valence-electron chi connectivity index (χ0n) is 23.3. The second-order valence-electron chi connectivity index (χ2n) is 12.2. The van der Waals surface area contributed by atoms with Crippen molar-refractivity contribution in [2.75, 3.05) is 38.8 Å². The fourth-order valence-electron chi connectivity index (χ4n) is 8.52. The van der Waals surface area contributed by atoms with E-state index in [0.717, 1.165) is 30.9 Å². The third-order valence-corrected chi connectivity index (χ3v) is 10.3. The van der Waals surface area contributed by atoms with Gasteiger partial charge in [-0.3, -0.25) is 14.5 Å². The average Bonchev–Trinajstić information content (AvgIpc) is 3.38. The van der Waals surface area contributed by atoms with Crippen LogP contribution in [0.15, 0.2) is 23.8 Å². The molecule has 7 rings (SSSR count). The Morgan fingerprint density at radius 1 is 1.30 bits per heavy atom. The van der Waals surface area contributed by atoms with Gasteiger partial charge in [0.25, 0.3) is 0 Å². The quantitative estimate of drug-likeness (QED) is 0.270. The van der Waals surface area contributed by atoms with E-state index in [4.69, 9.17) is 19.3 Å². The zero-order chi connectivity index (χ0) is 28.6. The maximum Gasteiger partial charge on any atom is 0.327 e. The second-order valence-corrected chi connectivity index (χ2v) is 13.3. The van der Waals surface area contributed by atoms with Crippen LogP contribution in [-0.4, -0.2) is 91.2 Å². The first-order valence-corrected chi connectivity index (χ1v) is 14.3. The highest BCUT2D eigenvalue weighted by Crippen LogP contribution is 2.66. The molecule has 4 fully saturated rings. The summed E-state index contributed by atoms with van der Waals surface area (Å²) in [6.45, 7) is 6.04. The normalized spacial score (nSPS) is 33.5.